The van der Waals surface area contributed by atoms with E-state index in [4.69, 9.17) is 5.73 Å². The van der Waals surface area contributed by atoms with E-state index in [2.05, 4.69) is 37.0 Å². The van der Waals surface area contributed by atoms with Gasteiger partial charge in [0.2, 0.25) is 0 Å². The lowest BCUT2D eigenvalue weighted by molar-refractivity contribution is 0.830. The van der Waals surface area contributed by atoms with Gasteiger partial charge in [-0.2, -0.15) is 0 Å². The van der Waals surface area contributed by atoms with Gasteiger partial charge in [-0.15, -0.1) is 0 Å². The van der Waals surface area contributed by atoms with E-state index in [0.29, 0.717) is 0 Å². The van der Waals surface area contributed by atoms with Gasteiger partial charge in [0, 0.05) is 11.1 Å². The molecule has 0 aromatic heterocycles. The van der Waals surface area contributed by atoms with Gasteiger partial charge in [-0.1, -0.05) is 48.2 Å². The molecule has 0 bridgehead atoms. The molecule has 0 aliphatic carbocycles. The summed E-state index contributed by atoms with van der Waals surface area (Å²) < 4.78 is 0. The summed E-state index contributed by atoms with van der Waals surface area (Å²) in [5.74, 6) is 6.55. The van der Waals surface area contributed by atoms with Crippen molar-refractivity contribution in [3.05, 3.63) is 70.8 Å². The molecule has 0 saturated carbocycles. The maximum Gasteiger partial charge on any atom is 0.0310 e. The minimum Gasteiger partial charge on any atom is -0.330 e. The van der Waals surface area contributed by atoms with Crippen molar-refractivity contribution in [3.63, 3.8) is 0 Å². The molecule has 2 aromatic rings. The summed E-state index contributed by atoms with van der Waals surface area (Å²) in [5, 5.41) is 0. The van der Waals surface area contributed by atoms with Crippen LogP contribution in [0.25, 0.3) is 0 Å². The second kappa shape index (κ2) is 6.78. The average molecular weight is 249 g/mol. The molecule has 0 radical (unpaired) electrons. The van der Waals surface area contributed by atoms with Gasteiger partial charge in [-0.05, 0) is 49.6 Å². The van der Waals surface area contributed by atoms with Crippen molar-refractivity contribution in [2.75, 3.05) is 6.54 Å². The van der Waals surface area contributed by atoms with E-state index in [1.165, 1.54) is 11.1 Å². The van der Waals surface area contributed by atoms with Crippen LogP contribution in [0.1, 0.15) is 28.7 Å². The Labute approximate surface area is 115 Å². The van der Waals surface area contributed by atoms with Crippen LogP contribution in [0.5, 0.6) is 0 Å². The third kappa shape index (κ3) is 3.71. The molecule has 0 saturated heterocycles. The Hall–Kier alpha value is -2.04. The van der Waals surface area contributed by atoms with Crippen LogP contribution >= 0.6 is 0 Å². The molecule has 96 valence electrons. The van der Waals surface area contributed by atoms with E-state index in [0.717, 1.165) is 30.5 Å². The van der Waals surface area contributed by atoms with Crippen LogP contribution in [0.2, 0.25) is 0 Å². The van der Waals surface area contributed by atoms with E-state index in [1.54, 1.807) is 0 Å². The summed E-state index contributed by atoms with van der Waals surface area (Å²) >= 11 is 0. The quantitative estimate of drug-likeness (QED) is 0.830. The topological polar surface area (TPSA) is 26.0 Å². The Balaban J connectivity index is 2.31. The van der Waals surface area contributed by atoms with Crippen molar-refractivity contribution in [1.82, 2.24) is 0 Å². The zero-order chi connectivity index (χ0) is 13.5. The van der Waals surface area contributed by atoms with Gasteiger partial charge < -0.3 is 5.73 Å². The third-order valence-electron chi connectivity index (χ3n) is 3.11. The van der Waals surface area contributed by atoms with Crippen LogP contribution in [-0.4, -0.2) is 6.54 Å². The number of benzene rings is 2. The predicted molar refractivity (Wildman–Crippen MR) is 81.0 cm³/mol. The third-order valence-corrected chi connectivity index (χ3v) is 3.11. The lowest BCUT2D eigenvalue weighted by Crippen LogP contribution is -2.02. The number of hydrogen-bond acceptors (Lipinski definition) is 1. The van der Waals surface area contributed by atoms with Crippen LogP contribution in [0.3, 0.4) is 0 Å². The summed E-state index contributed by atoms with van der Waals surface area (Å²) in [5.41, 5.74) is 10.3. The highest BCUT2D eigenvalue weighted by Gasteiger charge is 2.02. The number of rotatable bonds is 3. The van der Waals surface area contributed by atoms with Crippen LogP contribution in [0.15, 0.2) is 48.5 Å². The first-order chi connectivity index (χ1) is 9.31. The molecule has 2 aromatic carbocycles. The molecule has 0 heterocycles. The molecule has 2 N–H and O–H groups in total. The van der Waals surface area contributed by atoms with Crippen molar-refractivity contribution >= 4 is 0 Å². The highest BCUT2D eigenvalue weighted by Crippen LogP contribution is 2.15. The monoisotopic (exact) mass is 249 g/mol. The van der Waals surface area contributed by atoms with E-state index in [9.17, 15) is 0 Å². The molecule has 0 atom stereocenters. The van der Waals surface area contributed by atoms with Gasteiger partial charge in [0.15, 0.2) is 0 Å². The molecule has 0 amide bonds. The molecule has 0 spiro atoms. The van der Waals surface area contributed by atoms with Crippen molar-refractivity contribution in [2.24, 2.45) is 5.73 Å². The number of hydrogen-bond donors (Lipinski definition) is 1. The lowest BCUT2D eigenvalue weighted by atomic mass is 9.98. The van der Waals surface area contributed by atoms with Crippen LogP contribution in [0.4, 0.5) is 0 Å². The SMILES string of the molecule is Cc1cccc(CCCN)c1C#Cc1ccccc1. The molecule has 19 heavy (non-hydrogen) atoms. The van der Waals surface area contributed by atoms with E-state index >= 15 is 0 Å². The Morgan fingerprint density at radius 1 is 0.947 bits per heavy atom. The van der Waals surface area contributed by atoms with Crippen molar-refractivity contribution in [1.29, 1.82) is 0 Å². The summed E-state index contributed by atoms with van der Waals surface area (Å²) in [7, 11) is 0. The fourth-order valence-corrected chi connectivity index (χ4v) is 2.06. The molecule has 0 unspecified atom stereocenters. The fourth-order valence-electron chi connectivity index (χ4n) is 2.06. The van der Waals surface area contributed by atoms with Crippen molar-refractivity contribution in [3.8, 4) is 11.8 Å². The van der Waals surface area contributed by atoms with Gasteiger partial charge in [-0.25, -0.2) is 0 Å². The molecule has 2 rings (SSSR count). The van der Waals surface area contributed by atoms with Gasteiger partial charge in [0.25, 0.3) is 0 Å². The van der Waals surface area contributed by atoms with E-state index in [1.807, 2.05) is 30.3 Å². The smallest absolute Gasteiger partial charge is 0.0310 e. The minimum atomic E-state index is 0.722. The second-order valence-electron chi connectivity index (χ2n) is 4.62. The fraction of sp³-hybridized carbons (Fsp3) is 0.222. The molecule has 0 aliphatic heterocycles. The largest absolute Gasteiger partial charge is 0.330 e. The summed E-state index contributed by atoms with van der Waals surface area (Å²) in [6.07, 6.45) is 2.00. The first kappa shape index (κ1) is 13.4. The zero-order valence-corrected chi connectivity index (χ0v) is 11.3. The Morgan fingerprint density at radius 3 is 2.47 bits per heavy atom. The molecular weight excluding hydrogens is 230 g/mol. The molecule has 0 aliphatic rings. The van der Waals surface area contributed by atoms with Crippen molar-refractivity contribution in [2.45, 2.75) is 19.8 Å². The average Bonchev–Trinajstić information content (AvgIpc) is 2.45. The zero-order valence-electron chi connectivity index (χ0n) is 11.3. The van der Waals surface area contributed by atoms with Crippen molar-refractivity contribution < 1.29 is 0 Å². The van der Waals surface area contributed by atoms with Gasteiger partial charge >= 0.3 is 0 Å². The maximum absolute atomic E-state index is 5.59. The molecule has 1 heteroatoms. The number of nitrogens with two attached hydrogens (primary N) is 1. The standard InChI is InChI=1S/C18H19N/c1-15-7-5-10-17(11-6-14-19)18(15)13-12-16-8-3-2-4-9-16/h2-5,7-10H,6,11,14,19H2,1H3. The summed E-state index contributed by atoms with van der Waals surface area (Å²) in [4.78, 5) is 0. The first-order valence-corrected chi connectivity index (χ1v) is 6.67. The van der Waals surface area contributed by atoms with Crippen LogP contribution in [-0.2, 0) is 6.42 Å². The first-order valence-electron chi connectivity index (χ1n) is 6.67. The molecule has 1 nitrogen and oxygen atoms in total. The lowest BCUT2D eigenvalue weighted by Gasteiger charge is -2.06. The van der Waals surface area contributed by atoms with Gasteiger partial charge in [0.05, 0.1) is 0 Å². The van der Waals surface area contributed by atoms with Gasteiger partial charge in [-0.3, -0.25) is 0 Å². The Kier molecular flexibility index (Phi) is 4.78. The summed E-state index contributed by atoms with van der Waals surface area (Å²) in [6, 6.07) is 16.4. The molecular formula is C18H19N. The Bertz CT molecular complexity index is 588. The van der Waals surface area contributed by atoms with E-state index in [-0.39, 0.29) is 0 Å². The predicted octanol–water partition coefficient (Wildman–Crippen LogP) is 3.29. The highest BCUT2D eigenvalue weighted by atomic mass is 14.5. The normalized spacial score (nSPS) is 9.79. The molecule has 0 fully saturated rings. The summed E-state index contributed by atoms with van der Waals surface area (Å²) in [6.45, 7) is 2.83. The highest BCUT2D eigenvalue weighted by molar-refractivity contribution is 5.50. The van der Waals surface area contributed by atoms with Gasteiger partial charge in [0.1, 0.15) is 0 Å². The number of aryl methyl sites for hydroxylation is 2. The van der Waals surface area contributed by atoms with Crippen LogP contribution < -0.4 is 5.73 Å². The van der Waals surface area contributed by atoms with Crippen LogP contribution in [0, 0.1) is 18.8 Å². The minimum absolute atomic E-state index is 0.722. The van der Waals surface area contributed by atoms with E-state index < -0.39 is 0 Å². The Morgan fingerprint density at radius 2 is 1.74 bits per heavy atom. The second-order valence-corrected chi connectivity index (χ2v) is 4.62. The maximum atomic E-state index is 5.59.